The Labute approximate surface area is 103 Å². The average Bonchev–Trinajstić information content (AvgIpc) is 2.67. The molecule has 1 aliphatic rings. The lowest BCUT2D eigenvalue weighted by Crippen LogP contribution is -2.34. The van der Waals surface area contributed by atoms with E-state index in [2.05, 4.69) is 13.8 Å². The lowest BCUT2D eigenvalue weighted by Gasteiger charge is -2.21. The molecule has 1 amide bonds. The molecule has 1 fully saturated rings. The number of rotatable bonds is 2. The number of hydrogen-bond acceptors (Lipinski definition) is 2. The molecule has 1 aliphatic heterocycles. The van der Waals surface area contributed by atoms with Crippen molar-refractivity contribution in [2.45, 2.75) is 32.9 Å². The van der Waals surface area contributed by atoms with Crippen molar-refractivity contribution in [3.63, 3.8) is 0 Å². The minimum atomic E-state index is 0.136. The summed E-state index contributed by atoms with van der Waals surface area (Å²) in [5, 5.41) is 0. The molecule has 2 rings (SSSR count). The third-order valence-electron chi connectivity index (χ3n) is 3.45. The second-order valence-corrected chi connectivity index (χ2v) is 5.05. The fraction of sp³-hybridized carbons (Fsp3) is 0.500. The van der Waals surface area contributed by atoms with E-state index in [9.17, 15) is 4.79 Å². The first kappa shape index (κ1) is 12.1. The van der Waals surface area contributed by atoms with Crippen LogP contribution in [0.3, 0.4) is 0 Å². The molecule has 0 aromatic heterocycles. The van der Waals surface area contributed by atoms with Crippen LogP contribution >= 0.6 is 0 Å². The fourth-order valence-electron chi connectivity index (χ4n) is 2.58. The number of carbonyl (C=O) groups excluding carboxylic acids is 1. The van der Waals surface area contributed by atoms with Crippen LogP contribution in [0.2, 0.25) is 0 Å². The molecule has 1 aromatic carbocycles. The van der Waals surface area contributed by atoms with Crippen molar-refractivity contribution in [3.05, 3.63) is 35.4 Å². The number of benzene rings is 1. The van der Waals surface area contributed by atoms with E-state index in [-0.39, 0.29) is 5.91 Å². The molecule has 0 aliphatic carbocycles. The van der Waals surface area contributed by atoms with Gasteiger partial charge in [0.15, 0.2) is 0 Å². The van der Waals surface area contributed by atoms with Gasteiger partial charge in [0.1, 0.15) is 0 Å². The smallest absolute Gasteiger partial charge is 0.254 e. The Morgan fingerprint density at radius 2 is 2.24 bits per heavy atom. The van der Waals surface area contributed by atoms with Crippen LogP contribution in [0, 0.1) is 5.92 Å². The van der Waals surface area contributed by atoms with E-state index in [4.69, 9.17) is 5.73 Å². The van der Waals surface area contributed by atoms with E-state index in [1.165, 1.54) is 0 Å². The van der Waals surface area contributed by atoms with Gasteiger partial charge in [-0.05, 0) is 37.0 Å². The van der Waals surface area contributed by atoms with E-state index in [1.54, 1.807) is 0 Å². The molecule has 1 aromatic rings. The lowest BCUT2D eigenvalue weighted by molar-refractivity contribution is 0.0743. The van der Waals surface area contributed by atoms with Gasteiger partial charge in [0.25, 0.3) is 5.91 Å². The van der Waals surface area contributed by atoms with Gasteiger partial charge in [-0.15, -0.1) is 0 Å². The van der Waals surface area contributed by atoms with Gasteiger partial charge in [0, 0.05) is 24.7 Å². The summed E-state index contributed by atoms with van der Waals surface area (Å²) < 4.78 is 0. The lowest BCUT2D eigenvalue weighted by atomic mass is 10.1. The number of nitrogens with zero attached hydrogens (tertiary/aromatic N) is 1. The van der Waals surface area contributed by atoms with E-state index in [0.29, 0.717) is 18.5 Å². The highest BCUT2D eigenvalue weighted by atomic mass is 16.2. The second-order valence-electron chi connectivity index (χ2n) is 5.05. The number of carbonyl (C=O) groups is 1. The van der Waals surface area contributed by atoms with Gasteiger partial charge in [-0.25, -0.2) is 0 Å². The van der Waals surface area contributed by atoms with E-state index < -0.39 is 0 Å². The van der Waals surface area contributed by atoms with Crippen molar-refractivity contribution in [2.75, 3.05) is 6.54 Å². The van der Waals surface area contributed by atoms with Gasteiger partial charge < -0.3 is 10.6 Å². The summed E-state index contributed by atoms with van der Waals surface area (Å²) in [4.78, 5) is 14.3. The highest BCUT2D eigenvalue weighted by Crippen LogP contribution is 2.24. The van der Waals surface area contributed by atoms with Gasteiger partial charge >= 0.3 is 0 Å². The Balaban J connectivity index is 2.19. The molecule has 0 spiro atoms. The summed E-state index contributed by atoms with van der Waals surface area (Å²) in [7, 11) is 0. The maximum absolute atomic E-state index is 12.4. The van der Waals surface area contributed by atoms with E-state index in [1.807, 2.05) is 29.2 Å². The Kier molecular flexibility index (Phi) is 3.48. The summed E-state index contributed by atoms with van der Waals surface area (Å²) in [6.07, 6.45) is 1.10. The molecular weight excluding hydrogens is 212 g/mol. The molecule has 1 saturated heterocycles. The van der Waals surface area contributed by atoms with Crippen molar-refractivity contribution in [1.82, 2.24) is 4.90 Å². The highest BCUT2D eigenvalue weighted by Gasteiger charge is 2.30. The minimum absolute atomic E-state index is 0.136. The van der Waals surface area contributed by atoms with Crippen molar-refractivity contribution in [2.24, 2.45) is 11.7 Å². The summed E-state index contributed by atoms with van der Waals surface area (Å²) in [6, 6.07) is 7.97. The molecule has 92 valence electrons. The first-order chi connectivity index (χ1) is 8.11. The molecule has 3 heteroatoms. The average molecular weight is 232 g/mol. The van der Waals surface area contributed by atoms with Crippen LogP contribution < -0.4 is 5.73 Å². The molecular formula is C14H20N2O. The van der Waals surface area contributed by atoms with Crippen LogP contribution in [0.1, 0.15) is 36.2 Å². The zero-order valence-electron chi connectivity index (χ0n) is 10.5. The van der Waals surface area contributed by atoms with Gasteiger partial charge in [0.05, 0.1) is 0 Å². The van der Waals surface area contributed by atoms with Crippen LogP contribution in [0.15, 0.2) is 24.3 Å². The summed E-state index contributed by atoms with van der Waals surface area (Å²) in [5.74, 6) is 0.740. The molecule has 2 unspecified atom stereocenters. The summed E-state index contributed by atoms with van der Waals surface area (Å²) >= 11 is 0. The third-order valence-corrected chi connectivity index (χ3v) is 3.45. The molecule has 17 heavy (non-hydrogen) atoms. The van der Waals surface area contributed by atoms with Gasteiger partial charge in [-0.3, -0.25) is 4.79 Å². The first-order valence-corrected chi connectivity index (χ1v) is 6.21. The largest absolute Gasteiger partial charge is 0.336 e. The zero-order chi connectivity index (χ0) is 12.4. The second kappa shape index (κ2) is 4.88. The van der Waals surface area contributed by atoms with Crippen LogP contribution in [-0.4, -0.2) is 23.4 Å². The van der Waals surface area contributed by atoms with E-state index >= 15 is 0 Å². The predicted octanol–water partition coefficient (Wildman–Crippen LogP) is 2.02. The summed E-state index contributed by atoms with van der Waals surface area (Å²) in [6.45, 7) is 5.66. The molecule has 2 atom stereocenters. The Morgan fingerprint density at radius 1 is 1.47 bits per heavy atom. The monoisotopic (exact) mass is 232 g/mol. The Morgan fingerprint density at radius 3 is 2.82 bits per heavy atom. The fourth-order valence-corrected chi connectivity index (χ4v) is 2.58. The van der Waals surface area contributed by atoms with Crippen molar-refractivity contribution >= 4 is 5.91 Å². The number of hydrogen-bond donors (Lipinski definition) is 1. The maximum Gasteiger partial charge on any atom is 0.254 e. The molecule has 0 saturated carbocycles. The van der Waals surface area contributed by atoms with Crippen molar-refractivity contribution in [3.8, 4) is 0 Å². The number of amides is 1. The molecule has 2 N–H and O–H groups in total. The van der Waals surface area contributed by atoms with Crippen LogP contribution in [0.25, 0.3) is 0 Å². The third kappa shape index (κ3) is 2.50. The maximum atomic E-state index is 12.4. The standard InChI is InChI=1S/C14H20N2O/c1-10-6-11(2)16(9-10)14(17)13-5-3-4-12(7-13)8-15/h3-5,7,10-11H,6,8-9,15H2,1-2H3. The summed E-state index contributed by atoms with van der Waals surface area (Å²) in [5.41, 5.74) is 7.36. The highest BCUT2D eigenvalue weighted by molar-refractivity contribution is 5.94. The minimum Gasteiger partial charge on any atom is -0.336 e. The molecule has 1 heterocycles. The number of nitrogens with two attached hydrogens (primary N) is 1. The predicted molar refractivity (Wildman–Crippen MR) is 68.6 cm³/mol. The molecule has 3 nitrogen and oxygen atoms in total. The van der Waals surface area contributed by atoms with Gasteiger partial charge in [0.2, 0.25) is 0 Å². The van der Waals surface area contributed by atoms with Crippen molar-refractivity contribution < 1.29 is 4.79 Å². The quantitative estimate of drug-likeness (QED) is 0.848. The van der Waals surface area contributed by atoms with Crippen LogP contribution in [0.4, 0.5) is 0 Å². The number of likely N-dealkylation sites (tertiary alicyclic amines) is 1. The van der Waals surface area contributed by atoms with Gasteiger partial charge in [-0.1, -0.05) is 19.1 Å². The van der Waals surface area contributed by atoms with Crippen LogP contribution in [0.5, 0.6) is 0 Å². The van der Waals surface area contributed by atoms with Crippen LogP contribution in [-0.2, 0) is 6.54 Å². The van der Waals surface area contributed by atoms with Gasteiger partial charge in [-0.2, -0.15) is 0 Å². The Bertz CT molecular complexity index is 416. The first-order valence-electron chi connectivity index (χ1n) is 6.21. The Hall–Kier alpha value is -1.35. The van der Waals surface area contributed by atoms with E-state index in [0.717, 1.165) is 24.1 Å². The van der Waals surface area contributed by atoms with Crippen molar-refractivity contribution in [1.29, 1.82) is 0 Å². The zero-order valence-corrected chi connectivity index (χ0v) is 10.5. The molecule has 0 bridgehead atoms. The molecule has 0 radical (unpaired) electrons. The normalized spacial score (nSPS) is 24.1. The SMILES string of the molecule is CC1CC(C)N(C(=O)c2cccc(CN)c2)C1. The topological polar surface area (TPSA) is 46.3 Å².